The molecule has 0 saturated carbocycles. The molecule has 0 aromatic heterocycles. The van der Waals surface area contributed by atoms with Gasteiger partial charge in [-0.25, -0.2) is 9.18 Å². The molecule has 6 heteroatoms. The SMILES string of the molecule is CC(Oc1cccc(C#N)c1)C(=O)OCCOc1ccccc1F. The molecule has 2 rings (SSSR count). The summed E-state index contributed by atoms with van der Waals surface area (Å²) in [6, 6.07) is 14.4. The Morgan fingerprint density at radius 1 is 1.21 bits per heavy atom. The minimum atomic E-state index is -0.840. The lowest BCUT2D eigenvalue weighted by atomic mass is 10.2. The van der Waals surface area contributed by atoms with Crippen molar-refractivity contribution in [1.82, 2.24) is 0 Å². The van der Waals surface area contributed by atoms with Gasteiger partial charge in [0.15, 0.2) is 17.7 Å². The highest BCUT2D eigenvalue weighted by Crippen LogP contribution is 2.16. The van der Waals surface area contributed by atoms with Crippen molar-refractivity contribution >= 4 is 5.97 Å². The maximum absolute atomic E-state index is 13.3. The average molecular weight is 329 g/mol. The molecule has 0 N–H and O–H groups in total. The first-order chi connectivity index (χ1) is 11.6. The lowest BCUT2D eigenvalue weighted by Crippen LogP contribution is -2.27. The van der Waals surface area contributed by atoms with Gasteiger partial charge in [-0.1, -0.05) is 18.2 Å². The van der Waals surface area contributed by atoms with Crippen LogP contribution in [0.25, 0.3) is 0 Å². The monoisotopic (exact) mass is 329 g/mol. The molecular formula is C18H16FNO4. The molecule has 0 spiro atoms. The number of para-hydroxylation sites is 1. The third-order valence-corrected chi connectivity index (χ3v) is 3.03. The van der Waals surface area contributed by atoms with E-state index < -0.39 is 17.9 Å². The average Bonchev–Trinajstić information content (AvgIpc) is 2.60. The first kappa shape index (κ1) is 17.3. The maximum Gasteiger partial charge on any atom is 0.347 e. The van der Waals surface area contributed by atoms with Gasteiger partial charge in [0.25, 0.3) is 0 Å². The first-order valence-electron chi connectivity index (χ1n) is 7.31. The van der Waals surface area contributed by atoms with Gasteiger partial charge in [-0.2, -0.15) is 5.26 Å². The van der Waals surface area contributed by atoms with E-state index in [4.69, 9.17) is 19.5 Å². The molecule has 0 heterocycles. The highest BCUT2D eigenvalue weighted by atomic mass is 19.1. The molecule has 124 valence electrons. The van der Waals surface area contributed by atoms with Gasteiger partial charge in [-0.15, -0.1) is 0 Å². The third kappa shape index (κ3) is 4.99. The van der Waals surface area contributed by atoms with Crippen molar-refractivity contribution in [1.29, 1.82) is 5.26 Å². The van der Waals surface area contributed by atoms with Crippen LogP contribution in [0.5, 0.6) is 11.5 Å². The molecule has 0 aliphatic heterocycles. The van der Waals surface area contributed by atoms with Crippen molar-refractivity contribution in [3.63, 3.8) is 0 Å². The molecule has 1 atom stereocenters. The summed E-state index contributed by atoms with van der Waals surface area (Å²) >= 11 is 0. The van der Waals surface area contributed by atoms with E-state index >= 15 is 0 Å². The zero-order valence-electron chi connectivity index (χ0n) is 13.1. The summed E-state index contributed by atoms with van der Waals surface area (Å²) in [5.74, 6) is -0.542. The number of hydrogen-bond donors (Lipinski definition) is 0. The molecule has 0 aliphatic carbocycles. The first-order valence-corrected chi connectivity index (χ1v) is 7.31. The fourth-order valence-electron chi connectivity index (χ4n) is 1.86. The van der Waals surface area contributed by atoms with Crippen molar-refractivity contribution in [2.45, 2.75) is 13.0 Å². The Bertz CT molecular complexity index is 742. The van der Waals surface area contributed by atoms with Crippen LogP contribution in [0.15, 0.2) is 48.5 Å². The highest BCUT2D eigenvalue weighted by molar-refractivity contribution is 5.74. The molecule has 2 aromatic carbocycles. The topological polar surface area (TPSA) is 68.5 Å². The van der Waals surface area contributed by atoms with E-state index in [9.17, 15) is 9.18 Å². The van der Waals surface area contributed by atoms with Gasteiger partial charge in [0.2, 0.25) is 0 Å². The largest absolute Gasteiger partial charge is 0.487 e. The lowest BCUT2D eigenvalue weighted by molar-refractivity contribution is -0.151. The second kappa shape index (κ2) is 8.53. The molecule has 0 radical (unpaired) electrons. The molecule has 1 unspecified atom stereocenters. The number of nitrogens with zero attached hydrogens (tertiary/aromatic N) is 1. The van der Waals surface area contributed by atoms with E-state index in [0.717, 1.165) is 0 Å². The van der Waals surface area contributed by atoms with Crippen LogP contribution in [0, 0.1) is 17.1 Å². The second-order valence-corrected chi connectivity index (χ2v) is 4.85. The summed E-state index contributed by atoms with van der Waals surface area (Å²) < 4.78 is 29.0. The highest BCUT2D eigenvalue weighted by Gasteiger charge is 2.16. The van der Waals surface area contributed by atoms with Crippen LogP contribution in [0.1, 0.15) is 12.5 Å². The van der Waals surface area contributed by atoms with Crippen LogP contribution < -0.4 is 9.47 Å². The Morgan fingerprint density at radius 3 is 2.75 bits per heavy atom. The number of ether oxygens (including phenoxy) is 3. The van der Waals surface area contributed by atoms with E-state index in [1.165, 1.54) is 18.2 Å². The fourth-order valence-corrected chi connectivity index (χ4v) is 1.86. The Morgan fingerprint density at radius 2 is 2.00 bits per heavy atom. The van der Waals surface area contributed by atoms with Crippen molar-refractivity contribution in [2.24, 2.45) is 0 Å². The van der Waals surface area contributed by atoms with Gasteiger partial charge in [0.1, 0.15) is 19.0 Å². The van der Waals surface area contributed by atoms with Crippen LogP contribution in [0.2, 0.25) is 0 Å². The minimum absolute atomic E-state index is 0.0287. The zero-order valence-corrected chi connectivity index (χ0v) is 13.1. The summed E-state index contributed by atoms with van der Waals surface area (Å²) in [7, 11) is 0. The minimum Gasteiger partial charge on any atom is -0.487 e. The summed E-state index contributed by atoms with van der Waals surface area (Å²) in [4.78, 5) is 11.8. The summed E-state index contributed by atoms with van der Waals surface area (Å²) in [6.07, 6.45) is -0.840. The summed E-state index contributed by atoms with van der Waals surface area (Å²) in [5, 5.41) is 8.82. The van der Waals surface area contributed by atoms with Crippen molar-refractivity contribution in [3.8, 4) is 17.6 Å². The molecular weight excluding hydrogens is 313 g/mol. The number of hydrogen-bond acceptors (Lipinski definition) is 5. The van der Waals surface area contributed by atoms with Gasteiger partial charge in [-0.3, -0.25) is 0 Å². The van der Waals surface area contributed by atoms with Gasteiger partial charge in [0, 0.05) is 0 Å². The van der Waals surface area contributed by atoms with Gasteiger partial charge in [0.05, 0.1) is 11.6 Å². The van der Waals surface area contributed by atoms with Gasteiger partial charge < -0.3 is 14.2 Å². The lowest BCUT2D eigenvalue weighted by Gasteiger charge is -2.14. The summed E-state index contributed by atoms with van der Waals surface area (Å²) in [6.45, 7) is 1.54. The number of carbonyl (C=O) groups is 1. The number of nitriles is 1. The molecule has 0 aliphatic rings. The van der Waals surface area contributed by atoms with E-state index in [1.54, 1.807) is 37.3 Å². The van der Waals surface area contributed by atoms with E-state index in [1.807, 2.05) is 6.07 Å². The molecule has 0 bridgehead atoms. The Hall–Kier alpha value is -3.07. The number of benzene rings is 2. The fraction of sp³-hybridized carbons (Fsp3) is 0.222. The Kier molecular flexibility index (Phi) is 6.15. The van der Waals surface area contributed by atoms with Crippen molar-refractivity contribution < 1.29 is 23.4 Å². The molecule has 5 nitrogen and oxygen atoms in total. The molecule has 0 amide bonds. The van der Waals surface area contributed by atoms with Crippen LogP contribution >= 0.6 is 0 Å². The van der Waals surface area contributed by atoms with Crippen LogP contribution in [0.4, 0.5) is 4.39 Å². The third-order valence-electron chi connectivity index (χ3n) is 3.03. The Labute approximate surface area is 139 Å². The van der Waals surface area contributed by atoms with E-state index in [0.29, 0.717) is 11.3 Å². The maximum atomic E-state index is 13.3. The number of carbonyl (C=O) groups excluding carboxylic acids is 1. The smallest absolute Gasteiger partial charge is 0.347 e. The van der Waals surface area contributed by atoms with Crippen LogP contribution in [0.3, 0.4) is 0 Å². The summed E-state index contributed by atoms with van der Waals surface area (Å²) in [5.41, 5.74) is 0.436. The standard InChI is InChI=1S/C18H16FNO4/c1-13(24-15-6-4-5-14(11-15)12-20)18(21)23-10-9-22-17-8-3-2-7-16(17)19/h2-8,11,13H,9-10H2,1H3. The Balaban J connectivity index is 1.75. The van der Waals surface area contributed by atoms with Gasteiger partial charge in [-0.05, 0) is 37.3 Å². The zero-order chi connectivity index (χ0) is 17.4. The van der Waals surface area contributed by atoms with E-state index in [-0.39, 0.29) is 19.0 Å². The molecule has 0 fully saturated rings. The quantitative estimate of drug-likeness (QED) is 0.577. The molecule has 24 heavy (non-hydrogen) atoms. The second-order valence-electron chi connectivity index (χ2n) is 4.85. The predicted molar refractivity (Wildman–Crippen MR) is 84.1 cm³/mol. The number of esters is 1. The predicted octanol–water partition coefficient (Wildman–Crippen LogP) is 3.09. The van der Waals surface area contributed by atoms with Crippen molar-refractivity contribution in [3.05, 3.63) is 59.9 Å². The van der Waals surface area contributed by atoms with Crippen LogP contribution in [-0.4, -0.2) is 25.3 Å². The van der Waals surface area contributed by atoms with Gasteiger partial charge >= 0.3 is 5.97 Å². The normalized spacial score (nSPS) is 11.2. The molecule has 2 aromatic rings. The van der Waals surface area contributed by atoms with Crippen molar-refractivity contribution in [2.75, 3.05) is 13.2 Å². The number of halogens is 1. The van der Waals surface area contributed by atoms with E-state index in [2.05, 4.69) is 0 Å². The molecule has 0 saturated heterocycles. The van der Waals surface area contributed by atoms with Crippen LogP contribution in [-0.2, 0) is 9.53 Å². The number of rotatable bonds is 7.